The lowest BCUT2D eigenvalue weighted by molar-refractivity contribution is -0.138. The molecule has 0 radical (unpaired) electrons. The molecular formula is C30H29F4N5O3S. The molecule has 0 amide bonds. The summed E-state index contributed by atoms with van der Waals surface area (Å²) < 4.78 is 65.0. The lowest BCUT2D eigenvalue weighted by atomic mass is 9.85. The van der Waals surface area contributed by atoms with Gasteiger partial charge in [-0.15, -0.1) is 11.3 Å². The normalized spacial score (nSPS) is 17.3. The molecule has 1 unspecified atom stereocenters. The Morgan fingerprint density at radius 3 is 2.44 bits per heavy atom. The SMILES string of the molecule is NC(Cn1c(=O)c2c(n(Cc3c(F)cccc3C(F)(F)F)c1=O)COC21CCN(Cc2nccs2)CC1)c1ccccc1. The van der Waals surface area contributed by atoms with E-state index >= 15 is 0 Å². The first-order valence-electron chi connectivity index (χ1n) is 13.8. The van der Waals surface area contributed by atoms with Crippen molar-refractivity contribution in [3.05, 3.63) is 120 Å². The second-order valence-electron chi connectivity index (χ2n) is 10.9. The Balaban J connectivity index is 1.44. The maximum atomic E-state index is 15.0. The number of nitrogens with zero attached hydrogens (tertiary/aromatic N) is 4. The number of fused-ring (bicyclic) bond motifs is 2. The molecule has 4 aromatic rings. The minimum atomic E-state index is -4.85. The Morgan fingerprint density at radius 1 is 1.02 bits per heavy atom. The first kappa shape index (κ1) is 29.4. The van der Waals surface area contributed by atoms with Crippen LogP contribution in [0, 0.1) is 5.82 Å². The molecule has 2 aliphatic rings. The van der Waals surface area contributed by atoms with Crippen molar-refractivity contribution < 1.29 is 22.3 Å². The zero-order valence-corrected chi connectivity index (χ0v) is 23.8. The van der Waals surface area contributed by atoms with E-state index in [0.29, 0.717) is 38.0 Å². The van der Waals surface area contributed by atoms with Crippen LogP contribution in [0.4, 0.5) is 17.6 Å². The van der Waals surface area contributed by atoms with Gasteiger partial charge in [-0.2, -0.15) is 13.2 Å². The summed E-state index contributed by atoms with van der Waals surface area (Å²) in [6, 6.07) is 10.8. The topological polar surface area (TPSA) is 95.4 Å². The molecule has 2 aromatic heterocycles. The summed E-state index contributed by atoms with van der Waals surface area (Å²) in [6.45, 7) is 0.695. The van der Waals surface area contributed by atoms with E-state index in [2.05, 4.69) is 9.88 Å². The van der Waals surface area contributed by atoms with Crippen molar-refractivity contribution >= 4 is 11.3 Å². The molecule has 1 saturated heterocycles. The van der Waals surface area contributed by atoms with Crippen molar-refractivity contribution in [1.29, 1.82) is 0 Å². The number of halogens is 4. The second kappa shape index (κ2) is 11.5. The van der Waals surface area contributed by atoms with Gasteiger partial charge in [-0.1, -0.05) is 36.4 Å². The number of alkyl halides is 3. The summed E-state index contributed by atoms with van der Waals surface area (Å²) in [4.78, 5) is 34.5. The summed E-state index contributed by atoms with van der Waals surface area (Å²) in [5, 5.41) is 2.86. The van der Waals surface area contributed by atoms with Crippen LogP contribution in [0.3, 0.4) is 0 Å². The predicted molar refractivity (Wildman–Crippen MR) is 152 cm³/mol. The average Bonchev–Trinajstić information content (AvgIpc) is 3.63. The molecule has 0 bridgehead atoms. The number of thiazole rings is 1. The van der Waals surface area contributed by atoms with Crippen molar-refractivity contribution in [1.82, 2.24) is 19.0 Å². The van der Waals surface area contributed by atoms with Gasteiger partial charge in [0.05, 0.1) is 43.1 Å². The van der Waals surface area contributed by atoms with E-state index in [1.165, 1.54) is 0 Å². The zero-order chi connectivity index (χ0) is 30.4. The standard InChI is InChI=1S/C30H29F4N5O3S/c31-22-8-4-7-21(30(32,33)34)20(22)15-38-24-18-42-29(9-12-37(13-10-29)17-25-36-11-14-43-25)26(24)27(40)39(28(38)41)16-23(35)19-5-2-1-3-6-19/h1-8,11,14,23H,9-10,12-13,15-18,35H2. The number of piperidine rings is 1. The molecule has 6 rings (SSSR count). The maximum absolute atomic E-state index is 15.0. The van der Waals surface area contributed by atoms with Gasteiger partial charge in [0.15, 0.2) is 0 Å². The summed E-state index contributed by atoms with van der Waals surface area (Å²) in [7, 11) is 0. The van der Waals surface area contributed by atoms with Crippen molar-refractivity contribution in [2.45, 2.75) is 56.9 Å². The van der Waals surface area contributed by atoms with Gasteiger partial charge in [0.1, 0.15) is 16.4 Å². The minimum absolute atomic E-state index is 0.159. The number of hydrogen-bond acceptors (Lipinski definition) is 7. The van der Waals surface area contributed by atoms with E-state index in [9.17, 15) is 27.2 Å². The highest BCUT2D eigenvalue weighted by molar-refractivity contribution is 7.09. The number of nitrogens with two attached hydrogens (primary N) is 1. The molecule has 13 heteroatoms. The van der Waals surface area contributed by atoms with Crippen molar-refractivity contribution in [3.8, 4) is 0 Å². The molecule has 2 N–H and O–H groups in total. The molecule has 1 atom stereocenters. The summed E-state index contributed by atoms with van der Waals surface area (Å²) in [5.74, 6) is -1.10. The summed E-state index contributed by atoms with van der Waals surface area (Å²) >= 11 is 1.55. The van der Waals surface area contributed by atoms with Crippen LogP contribution in [0.25, 0.3) is 0 Å². The van der Waals surface area contributed by atoms with Crippen LogP contribution in [-0.4, -0.2) is 32.1 Å². The maximum Gasteiger partial charge on any atom is 0.416 e. The Morgan fingerprint density at radius 2 is 1.77 bits per heavy atom. The van der Waals surface area contributed by atoms with Gasteiger partial charge in [0.25, 0.3) is 5.56 Å². The lowest BCUT2D eigenvalue weighted by Gasteiger charge is -2.38. The number of rotatable bonds is 7. The third kappa shape index (κ3) is 5.57. The number of likely N-dealkylation sites (tertiary alicyclic amines) is 1. The van der Waals surface area contributed by atoms with Gasteiger partial charge >= 0.3 is 11.9 Å². The van der Waals surface area contributed by atoms with Crippen LogP contribution in [0.2, 0.25) is 0 Å². The monoisotopic (exact) mass is 615 g/mol. The average molecular weight is 616 g/mol. The molecule has 43 heavy (non-hydrogen) atoms. The highest BCUT2D eigenvalue weighted by Gasteiger charge is 2.47. The molecule has 2 aliphatic heterocycles. The van der Waals surface area contributed by atoms with Gasteiger partial charge in [0.2, 0.25) is 0 Å². The third-order valence-corrected chi connectivity index (χ3v) is 9.09. The highest BCUT2D eigenvalue weighted by atomic mass is 32.1. The lowest BCUT2D eigenvalue weighted by Crippen LogP contribution is -2.49. The molecular weight excluding hydrogens is 586 g/mol. The molecule has 8 nitrogen and oxygen atoms in total. The molecule has 2 aromatic carbocycles. The summed E-state index contributed by atoms with van der Waals surface area (Å²) in [6.07, 6.45) is -2.26. The molecule has 226 valence electrons. The van der Waals surface area contributed by atoms with Crippen LogP contribution in [0.15, 0.2) is 69.7 Å². The fraction of sp³-hybridized carbons (Fsp3) is 0.367. The number of hydrogen-bond donors (Lipinski definition) is 1. The van der Waals surface area contributed by atoms with Crippen molar-refractivity contribution in [2.24, 2.45) is 5.73 Å². The number of benzene rings is 2. The van der Waals surface area contributed by atoms with Crippen LogP contribution in [0.5, 0.6) is 0 Å². The van der Waals surface area contributed by atoms with Gasteiger partial charge in [-0.25, -0.2) is 14.2 Å². The Labute approximate surface area is 248 Å². The molecule has 4 heterocycles. The van der Waals surface area contributed by atoms with E-state index in [1.807, 2.05) is 5.38 Å². The second-order valence-corrected chi connectivity index (χ2v) is 11.9. The Kier molecular flexibility index (Phi) is 7.84. The molecule has 1 spiro atoms. The van der Waals surface area contributed by atoms with Gasteiger partial charge in [-0.05, 0) is 30.5 Å². The van der Waals surface area contributed by atoms with Gasteiger partial charge in [0, 0.05) is 36.3 Å². The quantitative estimate of drug-likeness (QED) is 0.310. The predicted octanol–water partition coefficient (Wildman–Crippen LogP) is 4.39. The highest BCUT2D eigenvalue weighted by Crippen LogP contribution is 2.43. The third-order valence-electron chi connectivity index (χ3n) is 8.33. The van der Waals surface area contributed by atoms with Crippen LogP contribution < -0.4 is 17.0 Å². The minimum Gasteiger partial charge on any atom is -0.364 e. The van der Waals surface area contributed by atoms with E-state index < -0.39 is 52.6 Å². The van der Waals surface area contributed by atoms with Gasteiger partial charge < -0.3 is 10.5 Å². The van der Waals surface area contributed by atoms with Crippen molar-refractivity contribution in [2.75, 3.05) is 13.1 Å². The first-order valence-corrected chi connectivity index (χ1v) is 14.7. The largest absolute Gasteiger partial charge is 0.416 e. The van der Waals surface area contributed by atoms with E-state index in [4.69, 9.17) is 10.5 Å². The van der Waals surface area contributed by atoms with Crippen molar-refractivity contribution in [3.63, 3.8) is 0 Å². The van der Waals surface area contributed by atoms with E-state index in [0.717, 1.165) is 32.3 Å². The smallest absolute Gasteiger partial charge is 0.364 e. The van der Waals surface area contributed by atoms with E-state index in [-0.39, 0.29) is 24.4 Å². The first-order chi connectivity index (χ1) is 20.6. The zero-order valence-electron chi connectivity index (χ0n) is 23.0. The van der Waals surface area contributed by atoms with Crippen LogP contribution in [-0.2, 0) is 42.8 Å². The van der Waals surface area contributed by atoms with Crippen LogP contribution in [0.1, 0.15) is 51.8 Å². The fourth-order valence-electron chi connectivity index (χ4n) is 6.09. The van der Waals surface area contributed by atoms with Crippen LogP contribution >= 0.6 is 11.3 Å². The summed E-state index contributed by atoms with van der Waals surface area (Å²) in [5.41, 5.74) is 3.13. The number of aromatic nitrogens is 3. The Hall–Kier alpha value is -3.65. The van der Waals surface area contributed by atoms with Gasteiger partial charge in [-0.3, -0.25) is 18.8 Å². The number of ether oxygens (including phenoxy) is 1. The molecule has 0 saturated carbocycles. The Bertz CT molecular complexity index is 1730. The van der Waals surface area contributed by atoms with E-state index in [1.54, 1.807) is 47.9 Å². The molecule has 1 fully saturated rings. The fourth-order valence-corrected chi connectivity index (χ4v) is 6.74. The molecule has 0 aliphatic carbocycles.